The zero-order valence-corrected chi connectivity index (χ0v) is 10.3. The van der Waals surface area contributed by atoms with Crippen LogP contribution in [0.1, 0.15) is 17.9 Å². The molecule has 96 valence electrons. The lowest BCUT2D eigenvalue weighted by atomic mass is 10.1. The molecule has 0 radical (unpaired) electrons. The zero-order valence-electron chi connectivity index (χ0n) is 10.3. The second kappa shape index (κ2) is 4.76. The van der Waals surface area contributed by atoms with Crippen LogP contribution in [0.4, 0.5) is 0 Å². The highest BCUT2D eigenvalue weighted by Gasteiger charge is 2.44. The summed E-state index contributed by atoms with van der Waals surface area (Å²) in [5, 5.41) is 8.96. The molecule has 2 atom stereocenters. The SMILES string of the molecule is O=C(O)C1CC1c1cccc(Oc2ccccc2)c1. The van der Waals surface area contributed by atoms with E-state index in [1.165, 1.54) is 0 Å². The van der Waals surface area contributed by atoms with Gasteiger partial charge >= 0.3 is 5.97 Å². The Hall–Kier alpha value is -2.29. The second-order valence-corrected chi connectivity index (χ2v) is 4.77. The number of para-hydroxylation sites is 1. The molecule has 3 heteroatoms. The summed E-state index contributed by atoms with van der Waals surface area (Å²) in [5.41, 5.74) is 1.04. The summed E-state index contributed by atoms with van der Waals surface area (Å²) < 4.78 is 5.75. The second-order valence-electron chi connectivity index (χ2n) is 4.77. The molecule has 0 spiro atoms. The minimum absolute atomic E-state index is 0.136. The highest BCUT2D eigenvalue weighted by atomic mass is 16.5. The van der Waals surface area contributed by atoms with Crippen LogP contribution in [0.15, 0.2) is 54.6 Å². The quantitative estimate of drug-likeness (QED) is 0.905. The van der Waals surface area contributed by atoms with Crippen molar-refractivity contribution in [3.63, 3.8) is 0 Å². The van der Waals surface area contributed by atoms with Crippen LogP contribution in [0, 0.1) is 5.92 Å². The van der Waals surface area contributed by atoms with E-state index in [2.05, 4.69) is 0 Å². The molecular formula is C16H14O3. The van der Waals surface area contributed by atoms with Crippen molar-refractivity contribution >= 4 is 5.97 Å². The summed E-state index contributed by atoms with van der Waals surface area (Å²) in [5.74, 6) is 0.730. The Kier molecular flexibility index (Phi) is 2.95. The molecule has 0 heterocycles. The monoisotopic (exact) mass is 254 g/mol. The predicted octanol–water partition coefficient (Wildman–Crippen LogP) is 3.67. The van der Waals surface area contributed by atoms with Crippen molar-refractivity contribution in [2.75, 3.05) is 0 Å². The Morgan fingerprint density at radius 3 is 2.47 bits per heavy atom. The molecular weight excluding hydrogens is 240 g/mol. The number of ether oxygens (including phenoxy) is 1. The molecule has 3 rings (SSSR count). The fourth-order valence-electron chi connectivity index (χ4n) is 2.27. The molecule has 1 fully saturated rings. The van der Waals surface area contributed by atoms with Gasteiger partial charge in [0.05, 0.1) is 5.92 Å². The number of aliphatic carboxylic acids is 1. The molecule has 1 saturated carbocycles. The van der Waals surface area contributed by atoms with Gasteiger partial charge in [0, 0.05) is 0 Å². The summed E-state index contributed by atoms with van der Waals surface area (Å²) in [6.45, 7) is 0. The van der Waals surface area contributed by atoms with Crippen LogP contribution < -0.4 is 4.74 Å². The number of rotatable bonds is 4. The Morgan fingerprint density at radius 1 is 1.05 bits per heavy atom. The minimum atomic E-state index is -0.709. The maximum atomic E-state index is 10.9. The summed E-state index contributed by atoms with van der Waals surface area (Å²) in [6, 6.07) is 17.2. The van der Waals surface area contributed by atoms with E-state index in [0.29, 0.717) is 0 Å². The van der Waals surface area contributed by atoms with Crippen LogP contribution in [-0.4, -0.2) is 11.1 Å². The molecule has 3 nitrogen and oxygen atoms in total. The highest BCUT2D eigenvalue weighted by Crippen LogP contribution is 2.48. The summed E-state index contributed by atoms with van der Waals surface area (Å²) in [6.07, 6.45) is 0.726. The lowest BCUT2D eigenvalue weighted by molar-refractivity contribution is -0.138. The first kappa shape index (κ1) is 11.8. The van der Waals surface area contributed by atoms with Crippen molar-refractivity contribution in [3.05, 3.63) is 60.2 Å². The minimum Gasteiger partial charge on any atom is -0.481 e. The van der Waals surface area contributed by atoms with Crippen LogP contribution in [0.25, 0.3) is 0 Å². The first-order chi connectivity index (χ1) is 9.24. The molecule has 0 aliphatic heterocycles. The molecule has 0 bridgehead atoms. The molecule has 0 saturated heterocycles. The van der Waals surface area contributed by atoms with Gasteiger partial charge in [-0.05, 0) is 42.2 Å². The normalized spacial score (nSPS) is 20.8. The van der Waals surface area contributed by atoms with Gasteiger partial charge in [0.1, 0.15) is 11.5 Å². The standard InChI is InChI=1S/C16H14O3/c17-16(18)15-10-14(15)11-5-4-8-13(9-11)19-12-6-2-1-3-7-12/h1-9,14-15H,10H2,(H,17,18). The van der Waals surface area contributed by atoms with Crippen LogP contribution in [0.5, 0.6) is 11.5 Å². The first-order valence-electron chi connectivity index (χ1n) is 6.30. The van der Waals surface area contributed by atoms with Crippen molar-refractivity contribution in [3.8, 4) is 11.5 Å². The van der Waals surface area contributed by atoms with Crippen LogP contribution in [0.3, 0.4) is 0 Å². The van der Waals surface area contributed by atoms with E-state index in [-0.39, 0.29) is 11.8 Å². The third kappa shape index (κ3) is 2.60. The molecule has 19 heavy (non-hydrogen) atoms. The van der Waals surface area contributed by atoms with Crippen LogP contribution in [0.2, 0.25) is 0 Å². The maximum Gasteiger partial charge on any atom is 0.307 e. The van der Waals surface area contributed by atoms with Gasteiger partial charge in [0.25, 0.3) is 0 Å². The lowest BCUT2D eigenvalue weighted by Gasteiger charge is -2.07. The van der Waals surface area contributed by atoms with Crippen molar-refractivity contribution in [2.24, 2.45) is 5.92 Å². The van der Waals surface area contributed by atoms with Crippen molar-refractivity contribution < 1.29 is 14.6 Å². The van der Waals surface area contributed by atoms with E-state index in [4.69, 9.17) is 9.84 Å². The molecule has 1 aliphatic rings. The third-order valence-corrected chi connectivity index (χ3v) is 3.37. The average molecular weight is 254 g/mol. The van der Waals surface area contributed by atoms with Gasteiger partial charge in [-0.25, -0.2) is 0 Å². The largest absolute Gasteiger partial charge is 0.481 e. The van der Waals surface area contributed by atoms with Gasteiger partial charge < -0.3 is 9.84 Å². The predicted molar refractivity (Wildman–Crippen MR) is 71.4 cm³/mol. The smallest absolute Gasteiger partial charge is 0.307 e. The number of benzene rings is 2. The van der Waals surface area contributed by atoms with E-state index in [0.717, 1.165) is 23.5 Å². The van der Waals surface area contributed by atoms with Gasteiger partial charge in [-0.3, -0.25) is 4.79 Å². The first-order valence-corrected chi connectivity index (χ1v) is 6.30. The topological polar surface area (TPSA) is 46.5 Å². The van der Waals surface area contributed by atoms with Gasteiger partial charge in [0.15, 0.2) is 0 Å². The number of carbonyl (C=O) groups is 1. The van der Waals surface area contributed by atoms with Crippen molar-refractivity contribution in [1.29, 1.82) is 0 Å². The number of hydrogen-bond acceptors (Lipinski definition) is 2. The van der Waals surface area contributed by atoms with Crippen LogP contribution in [-0.2, 0) is 4.79 Å². The summed E-state index contributed by atoms with van der Waals surface area (Å²) in [4.78, 5) is 10.9. The third-order valence-electron chi connectivity index (χ3n) is 3.37. The summed E-state index contributed by atoms with van der Waals surface area (Å²) in [7, 11) is 0. The molecule has 2 unspecified atom stereocenters. The van der Waals surface area contributed by atoms with Gasteiger partial charge in [-0.15, -0.1) is 0 Å². The van der Waals surface area contributed by atoms with Crippen molar-refractivity contribution in [2.45, 2.75) is 12.3 Å². The molecule has 0 amide bonds. The fourth-order valence-corrected chi connectivity index (χ4v) is 2.27. The van der Waals surface area contributed by atoms with Crippen molar-refractivity contribution in [1.82, 2.24) is 0 Å². The lowest BCUT2D eigenvalue weighted by Crippen LogP contribution is -1.98. The summed E-state index contributed by atoms with van der Waals surface area (Å²) >= 11 is 0. The van der Waals surface area contributed by atoms with Gasteiger partial charge in [-0.1, -0.05) is 30.3 Å². The Bertz CT molecular complexity index is 592. The molecule has 1 N–H and O–H groups in total. The van der Waals surface area contributed by atoms with Gasteiger partial charge in [-0.2, -0.15) is 0 Å². The van der Waals surface area contributed by atoms with E-state index in [1.54, 1.807) is 0 Å². The van der Waals surface area contributed by atoms with E-state index < -0.39 is 5.97 Å². The fraction of sp³-hybridized carbons (Fsp3) is 0.188. The highest BCUT2D eigenvalue weighted by molar-refractivity contribution is 5.75. The molecule has 0 aromatic heterocycles. The van der Waals surface area contributed by atoms with E-state index in [9.17, 15) is 4.79 Å². The molecule has 1 aliphatic carbocycles. The van der Waals surface area contributed by atoms with E-state index in [1.807, 2.05) is 54.6 Å². The van der Waals surface area contributed by atoms with E-state index >= 15 is 0 Å². The Balaban J connectivity index is 1.76. The maximum absolute atomic E-state index is 10.9. The van der Waals surface area contributed by atoms with Gasteiger partial charge in [0.2, 0.25) is 0 Å². The van der Waals surface area contributed by atoms with Crippen LogP contribution >= 0.6 is 0 Å². The zero-order chi connectivity index (χ0) is 13.2. The Morgan fingerprint density at radius 2 is 1.79 bits per heavy atom. The molecule has 2 aromatic rings. The number of carboxylic acid groups (broad SMARTS) is 1. The molecule has 2 aromatic carbocycles. The number of carboxylic acids is 1. The average Bonchev–Trinajstić information content (AvgIpc) is 3.20. The number of hydrogen-bond donors (Lipinski definition) is 1. The Labute approximate surface area is 111 Å².